The number of nitrogens with zero attached hydrogens (tertiary/aromatic N) is 5. The topological polar surface area (TPSA) is 98.5 Å². The summed E-state index contributed by atoms with van der Waals surface area (Å²) in [5.41, 5.74) is 1.12. The molecule has 0 amide bonds. The molecular formula is C23H35N7O2. The van der Waals surface area contributed by atoms with E-state index in [9.17, 15) is 0 Å². The summed E-state index contributed by atoms with van der Waals surface area (Å²) in [6.45, 7) is 4.18. The van der Waals surface area contributed by atoms with E-state index in [-0.39, 0.29) is 12.1 Å². The molecule has 1 aliphatic carbocycles. The Morgan fingerprint density at radius 3 is 2.88 bits per heavy atom. The molecule has 4 rings (SSSR count). The van der Waals surface area contributed by atoms with Crippen molar-refractivity contribution in [2.75, 3.05) is 14.2 Å². The summed E-state index contributed by atoms with van der Waals surface area (Å²) in [6.07, 6.45) is 8.67. The number of pyridine rings is 1. The van der Waals surface area contributed by atoms with Gasteiger partial charge in [-0.15, -0.1) is 0 Å². The summed E-state index contributed by atoms with van der Waals surface area (Å²) < 4.78 is 13.3. The van der Waals surface area contributed by atoms with E-state index in [0.717, 1.165) is 61.3 Å². The summed E-state index contributed by atoms with van der Waals surface area (Å²) in [6, 6.07) is 4.28. The minimum absolute atomic E-state index is 0.246. The fraction of sp³-hybridized carbons (Fsp3) is 0.652. The number of aliphatic imine (C=N–C) groups is 1. The van der Waals surface area contributed by atoms with Gasteiger partial charge in [0, 0.05) is 45.4 Å². The van der Waals surface area contributed by atoms with Crippen LogP contribution in [-0.2, 0) is 30.9 Å². The first-order valence-electron chi connectivity index (χ1n) is 11.6. The highest BCUT2D eigenvalue weighted by atomic mass is 16.5. The van der Waals surface area contributed by atoms with E-state index in [2.05, 4.69) is 37.6 Å². The number of ether oxygens (including phenoxy) is 2. The fourth-order valence-corrected chi connectivity index (χ4v) is 4.39. The first-order valence-corrected chi connectivity index (χ1v) is 11.6. The van der Waals surface area contributed by atoms with Gasteiger partial charge in [0.15, 0.2) is 11.8 Å². The Hall–Kier alpha value is -2.68. The smallest absolute Gasteiger partial charge is 0.213 e. The highest BCUT2D eigenvalue weighted by Crippen LogP contribution is 2.26. The molecule has 1 atom stereocenters. The molecule has 2 N–H and O–H groups in total. The summed E-state index contributed by atoms with van der Waals surface area (Å²) in [4.78, 5) is 13.3. The number of methoxy groups -OCH3 is 1. The molecule has 0 spiro atoms. The number of aryl methyl sites for hydroxylation is 1. The SMILES string of the molecule is CN=C(NCc1ccnc(OC2CCC(C)CC2)c1)NC1CCc2nc(COC)nn2C1. The lowest BCUT2D eigenvalue weighted by Crippen LogP contribution is -2.46. The van der Waals surface area contributed by atoms with Crippen LogP contribution in [0.4, 0.5) is 0 Å². The monoisotopic (exact) mass is 441 g/mol. The Kier molecular flexibility index (Phi) is 7.57. The third-order valence-corrected chi connectivity index (χ3v) is 6.25. The Bertz CT molecular complexity index is 905. The summed E-state index contributed by atoms with van der Waals surface area (Å²) in [5, 5.41) is 11.5. The van der Waals surface area contributed by atoms with Gasteiger partial charge in [-0.2, -0.15) is 5.10 Å². The van der Waals surface area contributed by atoms with Crippen LogP contribution in [0.3, 0.4) is 0 Å². The van der Waals surface area contributed by atoms with E-state index in [1.165, 1.54) is 12.8 Å². The molecule has 174 valence electrons. The largest absolute Gasteiger partial charge is 0.474 e. The minimum Gasteiger partial charge on any atom is -0.474 e. The second-order valence-electron chi connectivity index (χ2n) is 8.87. The molecule has 2 aromatic rings. The van der Waals surface area contributed by atoms with Crippen molar-refractivity contribution in [2.45, 2.75) is 77.3 Å². The summed E-state index contributed by atoms with van der Waals surface area (Å²) in [5.74, 6) is 4.06. The lowest BCUT2D eigenvalue weighted by Gasteiger charge is -2.26. The van der Waals surface area contributed by atoms with Gasteiger partial charge >= 0.3 is 0 Å². The molecule has 0 aromatic carbocycles. The number of fused-ring (bicyclic) bond motifs is 1. The zero-order chi connectivity index (χ0) is 22.3. The normalized spacial score (nSPS) is 23.5. The van der Waals surface area contributed by atoms with Gasteiger partial charge < -0.3 is 20.1 Å². The Labute approximate surface area is 190 Å². The van der Waals surface area contributed by atoms with Gasteiger partial charge in [0.05, 0.1) is 6.54 Å². The molecule has 0 radical (unpaired) electrons. The van der Waals surface area contributed by atoms with Crippen LogP contribution in [0.2, 0.25) is 0 Å². The number of hydrogen-bond donors (Lipinski definition) is 2. The van der Waals surface area contributed by atoms with E-state index < -0.39 is 0 Å². The highest BCUT2D eigenvalue weighted by molar-refractivity contribution is 5.79. The van der Waals surface area contributed by atoms with Crippen LogP contribution >= 0.6 is 0 Å². The van der Waals surface area contributed by atoms with Gasteiger partial charge in [-0.3, -0.25) is 4.99 Å². The quantitative estimate of drug-likeness (QED) is 0.503. The fourth-order valence-electron chi connectivity index (χ4n) is 4.39. The average Bonchev–Trinajstić information content (AvgIpc) is 3.20. The molecule has 9 heteroatoms. The number of rotatable bonds is 7. The summed E-state index contributed by atoms with van der Waals surface area (Å²) in [7, 11) is 3.45. The Balaban J connectivity index is 1.27. The molecule has 3 heterocycles. The maximum absolute atomic E-state index is 6.14. The highest BCUT2D eigenvalue weighted by Gasteiger charge is 2.23. The third kappa shape index (κ3) is 5.97. The van der Waals surface area contributed by atoms with Gasteiger partial charge in [-0.25, -0.2) is 14.6 Å². The second kappa shape index (κ2) is 10.8. The third-order valence-electron chi connectivity index (χ3n) is 6.25. The molecule has 32 heavy (non-hydrogen) atoms. The van der Waals surface area contributed by atoms with Crippen LogP contribution in [0.25, 0.3) is 0 Å². The maximum atomic E-state index is 6.14. The summed E-state index contributed by atoms with van der Waals surface area (Å²) >= 11 is 0. The van der Waals surface area contributed by atoms with Crippen LogP contribution in [0.1, 0.15) is 56.2 Å². The van der Waals surface area contributed by atoms with E-state index in [4.69, 9.17) is 9.47 Å². The van der Waals surface area contributed by atoms with Crippen molar-refractivity contribution in [1.82, 2.24) is 30.4 Å². The van der Waals surface area contributed by atoms with Gasteiger partial charge in [-0.1, -0.05) is 6.92 Å². The first-order chi connectivity index (χ1) is 15.6. The van der Waals surface area contributed by atoms with E-state index in [1.54, 1.807) is 14.2 Å². The molecule has 2 aromatic heterocycles. The lowest BCUT2D eigenvalue weighted by atomic mass is 9.89. The molecule has 1 fully saturated rings. The number of guanidine groups is 1. The van der Waals surface area contributed by atoms with Gasteiger partial charge in [-0.05, 0) is 49.7 Å². The maximum Gasteiger partial charge on any atom is 0.213 e. The van der Waals surface area contributed by atoms with Crippen molar-refractivity contribution in [1.29, 1.82) is 0 Å². The second-order valence-corrected chi connectivity index (χ2v) is 8.87. The minimum atomic E-state index is 0.246. The Morgan fingerprint density at radius 1 is 1.25 bits per heavy atom. The molecule has 1 saturated carbocycles. The molecule has 1 unspecified atom stereocenters. The van der Waals surface area contributed by atoms with Crippen molar-refractivity contribution in [3.63, 3.8) is 0 Å². The van der Waals surface area contributed by atoms with Gasteiger partial charge in [0.2, 0.25) is 5.88 Å². The van der Waals surface area contributed by atoms with Crippen molar-refractivity contribution < 1.29 is 9.47 Å². The Morgan fingerprint density at radius 2 is 2.09 bits per heavy atom. The van der Waals surface area contributed by atoms with Gasteiger partial charge in [0.1, 0.15) is 18.5 Å². The zero-order valence-corrected chi connectivity index (χ0v) is 19.4. The number of nitrogens with one attached hydrogen (secondary N) is 2. The predicted octanol–water partition coefficient (Wildman–Crippen LogP) is 2.46. The van der Waals surface area contributed by atoms with Crippen LogP contribution < -0.4 is 15.4 Å². The van der Waals surface area contributed by atoms with E-state index in [1.807, 2.05) is 23.0 Å². The molecule has 0 saturated heterocycles. The van der Waals surface area contributed by atoms with Crippen molar-refractivity contribution in [3.8, 4) is 5.88 Å². The molecule has 9 nitrogen and oxygen atoms in total. The van der Waals surface area contributed by atoms with Crippen LogP contribution in [0.15, 0.2) is 23.3 Å². The number of hydrogen-bond acceptors (Lipinski definition) is 6. The van der Waals surface area contributed by atoms with Crippen molar-refractivity contribution in [3.05, 3.63) is 35.5 Å². The van der Waals surface area contributed by atoms with Crippen LogP contribution in [-0.4, -0.2) is 52.0 Å². The van der Waals surface area contributed by atoms with Crippen LogP contribution in [0.5, 0.6) is 5.88 Å². The van der Waals surface area contributed by atoms with Gasteiger partial charge in [0.25, 0.3) is 0 Å². The average molecular weight is 442 g/mol. The first kappa shape index (κ1) is 22.5. The van der Waals surface area contributed by atoms with Crippen molar-refractivity contribution >= 4 is 5.96 Å². The molecule has 0 bridgehead atoms. The van der Waals surface area contributed by atoms with Crippen LogP contribution in [0, 0.1) is 5.92 Å². The molecule has 2 aliphatic rings. The molecule has 1 aliphatic heterocycles. The molecular weight excluding hydrogens is 406 g/mol. The lowest BCUT2D eigenvalue weighted by molar-refractivity contribution is 0.130. The van der Waals surface area contributed by atoms with Crippen molar-refractivity contribution in [2.24, 2.45) is 10.9 Å². The zero-order valence-electron chi connectivity index (χ0n) is 19.4. The standard InChI is InChI=1S/C23H35N7O2/c1-16-4-7-19(8-5-16)32-22-12-17(10-11-25-22)13-26-23(24-2)27-18-6-9-21-28-20(15-31-3)29-30(21)14-18/h10-12,16,18-19H,4-9,13-15H2,1-3H3,(H2,24,26,27). The predicted molar refractivity (Wildman–Crippen MR) is 122 cm³/mol. The number of aromatic nitrogens is 4. The van der Waals surface area contributed by atoms with E-state index >= 15 is 0 Å². The van der Waals surface area contributed by atoms with E-state index in [0.29, 0.717) is 19.0 Å².